The number of hydrogen-bond acceptors (Lipinski definition) is 6. The molecule has 6 heteroatoms. The van der Waals surface area contributed by atoms with Crippen LogP contribution in [0.3, 0.4) is 0 Å². The van der Waals surface area contributed by atoms with Crippen LogP contribution < -0.4 is 0 Å². The van der Waals surface area contributed by atoms with E-state index in [4.69, 9.17) is 14.2 Å². The molecule has 0 bridgehead atoms. The van der Waals surface area contributed by atoms with E-state index in [1.807, 2.05) is 0 Å². The lowest BCUT2D eigenvalue weighted by Gasteiger charge is -2.18. The summed E-state index contributed by atoms with van der Waals surface area (Å²) in [5.74, 6) is 1.73. The fourth-order valence-electron chi connectivity index (χ4n) is 9.67. The number of esters is 3. The Hall–Kier alpha value is -1.59. The maximum atomic E-state index is 12.9. The van der Waals surface area contributed by atoms with Gasteiger partial charge in [-0.05, 0) is 37.0 Å². The molecule has 0 saturated heterocycles. The predicted octanol–water partition coefficient (Wildman–Crippen LogP) is 20.7. The molecule has 0 spiro atoms. The van der Waals surface area contributed by atoms with Gasteiger partial charge in [0.15, 0.2) is 6.10 Å². The number of unbranched alkanes of at least 4 members (excludes halogenated alkanes) is 38. The SMILES string of the molecule is CCC(C)CCCCCCCCCCCCCCCCCCCCC(=O)O[C@H](COC(=O)CCCCCCCCCCCCCCCC(C)C)COC(=O)CCCCCCCCCCCCC(C)C. The van der Waals surface area contributed by atoms with E-state index >= 15 is 0 Å². The lowest BCUT2D eigenvalue weighted by molar-refractivity contribution is -0.167. The van der Waals surface area contributed by atoms with Crippen molar-refractivity contribution in [2.75, 3.05) is 13.2 Å². The van der Waals surface area contributed by atoms with Crippen molar-refractivity contribution in [3.63, 3.8) is 0 Å². The van der Waals surface area contributed by atoms with E-state index in [9.17, 15) is 14.4 Å². The van der Waals surface area contributed by atoms with E-state index in [0.717, 1.165) is 75.5 Å². The van der Waals surface area contributed by atoms with Crippen molar-refractivity contribution in [3.8, 4) is 0 Å². The molecule has 0 aromatic heterocycles. The molecule has 69 heavy (non-hydrogen) atoms. The van der Waals surface area contributed by atoms with Crippen molar-refractivity contribution >= 4 is 17.9 Å². The van der Waals surface area contributed by atoms with Crippen molar-refractivity contribution in [1.82, 2.24) is 0 Å². The lowest BCUT2D eigenvalue weighted by atomic mass is 9.99. The van der Waals surface area contributed by atoms with Gasteiger partial charge in [-0.3, -0.25) is 14.4 Å². The molecule has 6 nitrogen and oxygen atoms in total. The maximum Gasteiger partial charge on any atom is 0.306 e. The van der Waals surface area contributed by atoms with Crippen LogP contribution in [0.5, 0.6) is 0 Å². The molecule has 0 amide bonds. The molecule has 0 heterocycles. The second-order valence-corrected chi connectivity index (χ2v) is 22.9. The summed E-state index contributed by atoms with van der Waals surface area (Å²) >= 11 is 0. The van der Waals surface area contributed by atoms with Gasteiger partial charge in [-0.25, -0.2) is 0 Å². The van der Waals surface area contributed by atoms with Gasteiger partial charge < -0.3 is 14.2 Å². The van der Waals surface area contributed by atoms with Crippen LogP contribution in [0.4, 0.5) is 0 Å². The summed E-state index contributed by atoms with van der Waals surface area (Å²) < 4.78 is 16.9. The van der Waals surface area contributed by atoms with Crippen molar-refractivity contribution in [2.45, 2.75) is 356 Å². The van der Waals surface area contributed by atoms with Crippen molar-refractivity contribution in [3.05, 3.63) is 0 Å². The summed E-state index contributed by atoms with van der Waals surface area (Å²) in [7, 11) is 0. The average Bonchev–Trinajstić information content (AvgIpc) is 3.32. The third kappa shape index (κ3) is 55.6. The third-order valence-electron chi connectivity index (χ3n) is 14.8. The summed E-state index contributed by atoms with van der Waals surface area (Å²) in [4.78, 5) is 38.2. The van der Waals surface area contributed by atoms with Crippen LogP contribution in [0, 0.1) is 17.8 Å². The molecule has 410 valence electrons. The molecule has 2 atom stereocenters. The Morgan fingerprint density at radius 3 is 0.754 bits per heavy atom. The summed E-state index contributed by atoms with van der Waals surface area (Å²) in [5.41, 5.74) is 0. The summed E-state index contributed by atoms with van der Waals surface area (Å²) in [6.45, 7) is 13.8. The Balaban J connectivity index is 4.26. The van der Waals surface area contributed by atoms with Gasteiger partial charge in [-0.2, -0.15) is 0 Å². The van der Waals surface area contributed by atoms with Gasteiger partial charge in [-0.1, -0.05) is 311 Å². The molecule has 0 radical (unpaired) electrons. The van der Waals surface area contributed by atoms with Gasteiger partial charge in [0, 0.05) is 19.3 Å². The van der Waals surface area contributed by atoms with E-state index in [2.05, 4.69) is 41.5 Å². The summed E-state index contributed by atoms with van der Waals surface area (Å²) in [6.07, 6.45) is 58.1. The fourth-order valence-corrected chi connectivity index (χ4v) is 9.67. The van der Waals surface area contributed by atoms with Crippen molar-refractivity contribution in [1.29, 1.82) is 0 Å². The molecular formula is C63H122O6. The van der Waals surface area contributed by atoms with Crippen LogP contribution in [0.2, 0.25) is 0 Å². The Bertz CT molecular complexity index is 1070. The number of hydrogen-bond donors (Lipinski definition) is 0. The first-order chi connectivity index (χ1) is 33.6. The highest BCUT2D eigenvalue weighted by molar-refractivity contribution is 5.71. The smallest absolute Gasteiger partial charge is 0.306 e. The summed E-state index contributed by atoms with van der Waals surface area (Å²) in [5, 5.41) is 0. The van der Waals surface area contributed by atoms with Gasteiger partial charge in [0.05, 0.1) is 0 Å². The van der Waals surface area contributed by atoms with Crippen LogP contribution in [0.15, 0.2) is 0 Å². The minimum absolute atomic E-state index is 0.0631. The van der Waals surface area contributed by atoms with Gasteiger partial charge in [0.2, 0.25) is 0 Å². The third-order valence-corrected chi connectivity index (χ3v) is 14.8. The predicted molar refractivity (Wildman–Crippen MR) is 298 cm³/mol. The van der Waals surface area contributed by atoms with Gasteiger partial charge >= 0.3 is 17.9 Å². The fraction of sp³-hybridized carbons (Fsp3) is 0.952. The Morgan fingerprint density at radius 1 is 0.290 bits per heavy atom. The average molecular weight is 976 g/mol. The molecule has 0 rings (SSSR count). The normalized spacial score (nSPS) is 12.5. The Morgan fingerprint density at radius 2 is 0.507 bits per heavy atom. The van der Waals surface area contributed by atoms with Crippen LogP contribution in [0.25, 0.3) is 0 Å². The highest BCUT2D eigenvalue weighted by Gasteiger charge is 2.19. The first kappa shape index (κ1) is 67.4. The number of carbonyl (C=O) groups excluding carboxylic acids is 3. The summed E-state index contributed by atoms with van der Waals surface area (Å²) in [6, 6.07) is 0. The molecule has 0 aromatic carbocycles. The zero-order chi connectivity index (χ0) is 50.5. The van der Waals surface area contributed by atoms with Crippen molar-refractivity contribution < 1.29 is 28.6 Å². The zero-order valence-corrected chi connectivity index (χ0v) is 47.6. The molecule has 0 aliphatic carbocycles. The lowest BCUT2D eigenvalue weighted by Crippen LogP contribution is -2.30. The Kier molecular flexibility index (Phi) is 52.9. The van der Waals surface area contributed by atoms with Crippen LogP contribution in [-0.4, -0.2) is 37.2 Å². The number of carbonyl (C=O) groups is 3. The second kappa shape index (κ2) is 54.2. The van der Waals surface area contributed by atoms with E-state index in [1.165, 1.54) is 231 Å². The topological polar surface area (TPSA) is 78.9 Å². The van der Waals surface area contributed by atoms with E-state index < -0.39 is 6.10 Å². The molecule has 1 unspecified atom stereocenters. The Labute approximate surface area is 431 Å². The standard InChI is InChI=1S/C63H122O6/c1-7-59(6)51-45-39-33-27-20-16-12-10-8-9-11-13-17-22-30-36-42-48-54-63(66)69-60(56-68-62(65)53-47-41-35-29-24-23-26-32-38-44-50-58(4)5)55-67-61(64)52-46-40-34-28-21-18-14-15-19-25-31-37-43-49-57(2)3/h57-60H,7-56H2,1-6H3/t59?,60-/m1/s1. The first-order valence-electron chi connectivity index (χ1n) is 31.1. The molecular weight excluding hydrogens is 853 g/mol. The van der Waals surface area contributed by atoms with Gasteiger partial charge in [0.1, 0.15) is 13.2 Å². The largest absolute Gasteiger partial charge is 0.462 e. The zero-order valence-electron chi connectivity index (χ0n) is 47.6. The van der Waals surface area contributed by atoms with Crippen LogP contribution in [-0.2, 0) is 28.6 Å². The molecule has 0 aliphatic rings. The number of rotatable bonds is 56. The monoisotopic (exact) mass is 975 g/mol. The van der Waals surface area contributed by atoms with E-state index in [0.29, 0.717) is 19.3 Å². The highest BCUT2D eigenvalue weighted by atomic mass is 16.6. The quantitative estimate of drug-likeness (QED) is 0.0343. The highest BCUT2D eigenvalue weighted by Crippen LogP contribution is 2.19. The number of ether oxygens (including phenoxy) is 3. The molecule has 0 aliphatic heterocycles. The second-order valence-electron chi connectivity index (χ2n) is 22.9. The molecule has 0 fully saturated rings. The minimum atomic E-state index is -0.764. The molecule has 0 saturated carbocycles. The molecule has 0 aromatic rings. The first-order valence-corrected chi connectivity index (χ1v) is 31.1. The maximum absolute atomic E-state index is 12.9. The molecule has 0 N–H and O–H groups in total. The van der Waals surface area contributed by atoms with Crippen LogP contribution >= 0.6 is 0 Å². The van der Waals surface area contributed by atoms with Crippen LogP contribution in [0.1, 0.15) is 350 Å². The van der Waals surface area contributed by atoms with E-state index in [1.54, 1.807) is 0 Å². The van der Waals surface area contributed by atoms with E-state index in [-0.39, 0.29) is 31.1 Å². The minimum Gasteiger partial charge on any atom is -0.462 e. The van der Waals surface area contributed by atoms with Crippen molar-refractivity contribution in [2.24, 2.45) is 17.8 Å². The van der Waals surface area contributed by atoms with Gasteiger partial charge in [-0.15, -0.1) is 0 Å². The van der Waals surface area contributed by atoms with Gasteiger partial charge in [0.25, 0.3) is 0 Å².